The molecule has 90 valence electrons. The number of rotatable bonds is 4. The van der Waals surface area contributed by atoms with Crippen LogP contribution >= 0.6 is 11.3 Å². The van der Waals surface area contributed by atoms with E-state index in [9.17, 15) is 10.2 Å². The van der Waals surface area contributed by atoms with Gasteiger partial charge < -0.3 is 15.5 Å². The highest BCUT2D eigenvalue weighted by atomic mass is 32.1. The lowest BCUT2D eigenvalue weighted by atomic mass is 10.2. The zero-order valence-corrected chi connectivity index (χ0v) is 10.3. The van der Waals surface area contributed by atoms with Crippen molar-refractivity contribution in [3.05, 3.63) is 39.8 Å². The smallest absolute Gasteiger partial charge is 0.161 e. The van der Waals surface area contributed by atoms with Crippen molar-refractivity contribution in [1.29, 1.82) is 0 Å². The van der Waals surface area contributed by atoms with Crippen LogP contribution in [-0.2, 0) is 13.1 Å². The number of phenolic OH excluding ortho intramolecular Hbond substituents is 2. The molecule has 3 N–H and O–H groups in total. The van der Waals surface area contributed by atoms with Gasteiger partial charge in [0.25, 0.3) is 0 Å². The van der Waals surface area contributed by atoms with E-state index in [1.165, 1.54) is 6.07 Å². The number of phenols is 2. The van der Waals surface area contributed by atoms with Crippen LogP contribution in [0.4, 0.5) is 0 Å². The molecule has 0 saturated carbocycles. The van der Waals surface area contributed by atoms with Crippen LogP contribution in [0.25, 0.3) is 0 Å². The molecule has 0 fully saturated rings. The number of para-hydroxylation sites is 1. The number of nitrogens with zero attached hydrogens (tertiary/aromatic N) is 1. The molecule has 0 saturated heterocycles. The Morgan fingerprint density at radius 3 is 2.82 bits per heavy atom. The molecule has 1 aromatic heterocycles. The van der Waals surface area contributed by atoms with Gasteiger partial charge in [0.1, 0.15) is 5.01 Å². The van der Waals surface area contributed by atoms with E-state index < -0.39 is 0 Å². The number of hydrogen-bond acceptors (Lipinski definition) is 5. The summed E-state index contributed by atoms with van der Waals surface area (Å²) < 4.78 is 0. The van der Waals surface area contributed by atoms with Gasteiger partial charge in [-0.25, -0.2) is 4.98 Å². The molecule has 0 aliphatic carbocycles. The Morgan fingerprint density at radius 2 is 2.12 bits per heavy atom. The zero-order valence-electron chi connectivity index (χ0n) is 9.47. The number of nitrogens with one attached hydrogen (secondary N) is 1. The molecule has 1 aromatic carbocycles. The minimum absolute atomic E-state index is 0.0599. The van der Waals surface area contributed by atoms with E-state index in [0.29, 0.717) is 18.7 Å². The number of benzene rings is 1. The molecule has 0 amide bonds. The van der Waals surface area contributed by atoms with Crippen LogP contribution in [0, 0.1) is 6.92 Å². The quantitative estimate of drug-likeness (QED) is 0.727. The molecule has 0 atom stereocenters. The van der Waals surface area contributed by atoms with Crippen molar-refractivity contribution in [2.45, 2.75) is 20.0 Å². The molecular formula is C12H14N2O2S. The lowest BCUT2D eigenvalue weighted by molar-refractivity contribution is 0.397. The lowest BCUT2D eigenvalue weighted by Gasteiger charge is -2.06. The van der Waals surface area contributed by atoms with E-state index in [4.69, 9.17) is 0 Å². The summed E-state index contributed by atoms with van der Waals surface area (Å²) in [4.78, 5) is 4.33. The van der Waals surface area contributed by atoms with Gasteiger partial charge in [-0.3, -0.25) is 0 Å². The van der Waals surface area contributed by atoms with Crippen LogP contribution in [0.3, 0.4) is 0 Å². The van der Waals surface area contributed by atoms with E-state index in [2.05, 4.69) is 10.3 Å². The largest absolute Gasteiger partial charge is 0.504 e. The number of thiazole rings is 1. The highest BCUT2D eigenvalue weighted by Crippen LogP contribution is 2.27. The molecule has 0 bridgehead atoms. The maximum absolute atomic E-state index is 9.60. The van der Waals surface area contributed by atoms with Gasteiger partial charge in [-0.05, 0) is 13.0 Å². The summed E-state index contributed by atoms with van der Waals surface area (Å²) in [5, 5.41) is 25.1. The number of aromatic hydroxyl groups is 2. The van der Waals surface area contributed by atoms with Crippen LogP contribution in [0.15, 0.2) is 23.6 Å². The molecule has 4 nitrogen and oxygen atoms in total. The number of aryl methyl sites for hydroxylation is 1. The maximum Gasteiger partial charge on any atom is 0.161 e. The Hall–Kier alpha value is -1.59. The van der Waals surface area contributed by atoms with Crippen molar-refractivity contribution in [2.75, 3.05) is 0 Å². The molecule has 2 aromatic rings. The molecule has 0 spiro atoms. The van der Waals surface area contributed by atoms with E-state index >= 15 is 0 Å². The Morgan fingerprint density at radius 1 is 1.29 bits per heavy atom. The second-order valence-corrected chi connectivity index (χ2v) is 4.71. The van der Waals surface area contributed by atoms with E-state index in [-0.39, 0.29) is 11.5 Å². The summed E-state index contributed by atoms with van der Waals surface area (Å²) in [6.45, 7) is 3.12. The zero-order chi connectivity index (χ0) is 12.3. The maximum atomic E-state index is 9.60. The highest BCUT2D eigenvalue weighted by Gasteiger charge is 2.05. The first-order valence-electron chi connectivity index (χ1n) is 5.28. The lowest BCUT2D eigenvalue weighted by Crippen LogP contribution is -2.12. The monoisotopic (exact) mass is 250 g/mol. The summed E-state index contributed by atoms with van der Waals surface area (Å²) in [5.41, 5.74) is 1.70. The summed E-state index contributed by atoms with van der Waals surface area (Å²) in [5.74, 6) is -0.148. The fraction of sp³-hybridized carbons (Fsp3) is 0.250. The summed E-state index contributed by atoms with van der Waals surface area (Å²) in [6.07, 6.45) is 0. The molecule has 2 rings (SSSR count). The minimum atomic E-state index is -0.0885. The van der Waals surface area contributed by atoms with Crippen molar-refractivity contribution in [1.82, 2.24) is 10.3 Å². The van der Waals surface area contributed by atoms with Crippen LogP contribution in [0.5, 0.6) is 11.5 Å². The van der Waals surface area contributed by atoms with Crippen LogP contribution in [0.2, 0.25) is 0 Å². The molecule has 0 radical (unpaired) electrons. The van der Waals surface area contributed by atoms with Gasteiger partial charge in [0.2, 0.25) is 0 Å². The van der Waals surface area contributed by atoms with Gasteiger partial charge in [0.15, 0.2) is 11.5 Å². The highest BCUT2D eigenvalue weighted by molar-refractivity contribution is 7.09. The standard InChI is InChI=1S/C12H14N2O2S/c1-8-7-17-11(14-8)6-13-5-9-3-2-4-10(15)12(9)16/h2-4,7,13,15-16H,5-6H2,1H3. The molecular weight excluding hydrogens is 236 g/mol. The second-order valence-electron chi connectivity index (χ2n) is 3.77. The third-order valence-electron chi connectivity index (χ3n) is 2.36. The molecule has 0 unspecified atom stereocenters. The third-order valence-corrected chi connectivity index (χ3v) is 3.32. The Bertz CT molecular complexity index is 511. The minimum Gasteiger partial charge on any atom is -0.504 e. The van der Waals surface area contributed by atoms with Gasteiger partial charge in [0.05, 0.1) is 0 Å². The fourth-order valence-corrected chi connectivity index (χ4v) is 2.25. The van der Waals surface area contributed by atoms with Gasteiger partial charge in [-0.2, -0.15) is 0 Å². The third kappa shape index (κ3) is 2.95. The molecule has 1 heterocycles. The summed E-state index contributed by atoms with van der Waals surface area (Å²) >= 11 is 1.61. The Kier molecular flexibility index (Phi) is 3.61. The Balaban J connectivity index is 1.92. The second kappa shape index (κ2) is 5.16. The predicted octanol–water partition coefficient (Wildman–Crippen LogP) is 2.15. The SMILES string of the molecule is Cc1csc(CNCc2cccc(O)c2O)n1. The topological polar surface area (TPSA) is 65.4 Å². The average molecular weight is 250 g/mol. The van der Waals surface area contributed by atoms with E-state index in [0.717, 1.165) is 10.7 Å². The predicted molar refractivity (Wildman–Crippen MR) is 67.2 cm³/mol. The van der Waals surface area contributed by atoms with E-state index in [1.807, 2.05) is 12.3 Å². The van der Waals surface area contributed by atoms with Gasteiger partial charge in [0, 0.05) is 29.7 Å². The molecule has 5 heteroatoms. The van der Waals surface area contributed by atoms with Gasteiger partial charge in [-0.15, -0.1) is 11.3 Å². The molecule has 17 heavy (non-hydrogen) atoms. The van der Waals surface area contributed by atoms with Crippen LogP contribution < -0.4 is 5.32 Å². The first-order valence-corrected chi connectivity index (χ1v) is 6.16. The summed E-state index contributed by atoms with van der Waals surface area (Å²) in [6, 6.07) is 4.94. The Labute approximate surface area is 104 Å². The van der Waals surface area contributed by atoms with Crippen molar-refractivity contribution >= 4 is 11.3 Å². The van der Waals surface area contributed by atoms with Crippen molar-refractivity contribution in [3.63, 3.8) is 0 Å². The van der Waals surface area contributed by atoms with Crippen LogP contribution in [-0.4, -0.2) is 15.2 Å². The van der Waals surface area contributed by atoms with Gasteiger partial charge in [-0.1, -0.05) is 12.1 Å². The fourth-order valence-electron chi connectivity index (χ4n) is 1.51. The molecule has 0 aliphatic heterocycles. The van der Waals surface area contributed by atoms with Crippen molar-refractivity contribution in [3.8, 4) is 11.5 Å². The summed E-state index contributed by atoms with van der Waals surface area (Å²) in [7, 11) is 0. The van der Waals surface area contributed by atoms with Gasteiger partial charge >= 0.3 is 0 Å². The van der Waals surface area contributed by atoms with Crippen molar-refractivity contribution < 1.29 is 10.2 Å². The first kappa shape index (κ1) is 11.9. The van der Waals surface area contributed by atoms with Crippen LogP contribution in [0.1, 0.15) is 16.3 Å². The van der Waals surface area contributed by atoms with E-state index in [1.54, 1.807) is 23.5 Å². The average Bonchev–Trinajstić information content (AvgIpc) is 2.70. The molecule has 0 aliphatic rings. The number of hydrogen-bond donors (Lipinski definition) is 3. The van der Waals surface area contributed by atoms with Crippen molar-refractivity contribution in [2.24, 2.45) is 0 Å². The number of aromatic nitrogens is 1. The normalized spacial score (nSPS) is 10.6. The first-order chi connectivity index (χ1) is 8.16.